The Morgan fingerprint density at radius 3 is 2.86 bits per heavy atom. The third-order valence-corrected chi connectivity index (χ3v) is 4.37. The van der Waals surface area contributed by atoms with Crippen molar-refractivity contribution in [1.82, 2.24) is 10.6 Å². The van der Waals surface area contributed by atoms with Crippen LogP contribution in [0.25, 0.3) is 0 Å². The van der Waals surface area contributed by atoms with Crippen molar-refractivity contribution in [1.29, 1.82) is 0 Å². The molecule has 3 rings (SSSR count). The maximum Gasteiger partial charge on any atom is 0.311 e. The van der Waals surface area contributed by atoms with Crippen molar-refractivity contribution in [2.75, 3.05) is 26.7 Å². The number of phenolic OH excluding ortho intramolecular Hbond substituents is 1. The molecule has 0 saturated carbocycles. The molecule has 2 atom stereocenters. The van der Waals surface area contributed by atoms with Crippen molar-refractivity contribution in [2.24, 2.45) is 5.92 Å². The first kappa shape index (κ1) is 15.1. The Balaban J connectivity index is 1.60. The minimum Gasteiger partial charge on any atom is -0.504 e. The van der Waals surface area contributed by atoms with Crippen molar-refractivity contribution < 1.29 is 19.4 Å². The van der Waals surface area contributed by atoms with Crippen LogP contribution in [-0.2, 0) is 16.0 Å². The maximum atomic E-state index is 12.0. The van der Waals surface area contributed by atoms with Crippen LogP contribution in [-0.4, -0.2) is 50.0 Å². The fraction of sp³-hybridized carbons (Fsp3) is 0.562. The van der Waals surface area contributed by atoms with Crippen LogP contribution in [0.15, 0.2) is 18.2 Å². The van der Waals surface area contributed by atoms with E-state index in [9.17, 15) is 9.90 Å². The van der Waals surface area contributed by atoms with Gasteiger partial charge in [0.25, 0.3) is 0 Å². The lowest BCUT2D eigenvalue weighted by molar-refractivity contribution is -0.156. The van der Waals surface area contributed by atoms with Crippen LogP contribution in [0.5, 0.6) is 11.5 Å². The first-order chi connectivity index (χ1) is 10.7. The van der Waals surface area contributed by atoms with Crippen molar-refractivity contribution in [2.45, 2.75) is 25.0 Å². The smallest absolute Gasteiger partial charge is 0.311 e. The van der Waals surface area contributed by atoms with Gasteiger partial charge in [-0.2, -0.15) is 0 Å². The van der Waals surface area contributed by atoms with Gasteiger partial charge in [-0.25, -0.2) is 0 Å². The molecule has 0 spiro atoms. The van der Waals surface area contributed by atoms with Gasteiger partial charge in [-0.1, -0.05) is 6.07 Å². The van der Waals surface area contributed by atoms with E-state index in [1.165, 1.54) is 7.11 Å². The highest BCUT2D eigenvalue weighted by molar-refractivity contribution is 5.74. The molecule has 120 valence electrons. The molecule has 2 unspecified atom stereocenters. The summed E-state index contributed by atoms with van der Waals surface area (Å²) < 4.78 is 10.7. The van der Waals surface area contributed by atoms with Gasteiger partial charge in [0.1, 0.15) is 6.10 Å². The average Bonchev–Trinajstić information content (AvgIpc) is 2.84. The molecule has 1 aromatic carbocycles. The van der Waals surface area contributed by atoms with Gasteiger partial charge in [-0.05, 0) is 37.1 Å². The summed E-state index contributed by atoms with van der Waals surface area (Å²) >= 11 is 0. The number of esters is 1. The number of ether oxygens (including phenoxy) is 2. The monoisotopic (exact) mass is 306 g/mol. The van der Waals surface area contributed by atoms with Crippen LogP contribution >= 0.6 is 0 Å². The molecule has 6 heteroatoms. The van der Waals surface area contributed by atoms with E-state index in [2.05, 4.69) is 10.6 Å². The predicted octanol–water partition coefficient (Wildman–Crippen LogP) is 0.436. The van der Waals surface area contributed by atoms with Gasteiger partial charge in [0.05, 0.1) is 13.0 Å². The van der Waals surface area contributed by atoms with Gasteiger partial charge in [0.15, 0.2) is 11.5 Å². The molecule has 2 aliphatic rings. The van der Waals surface area contributed by atoms with Gasteiger partial charge in [0.2, 0.25) is 0 Å². The number of benzene rings is 1. The van der Waals surface area contributed by atoms with Crippen molar-refractivity contribution >= 4 is 5.97 Å². The average molecular weight is 306 g/mol. The van der Waals surface area contributed by atoms with Crippen molar-refractivity contribution in [3.8, 4) is 11.5 Å². The minimum atomic E-state index is -0.102. The molecular weight excluding hydrogens is 284 g/mol. The van der Waals surface area contributed by atoms with E-state index in [1.54, 1.807) is 12.1 Å². The molecular formula is C16H22N2O4. The third kappa shape index (κ3) is 3.18. The van der Waals surface area contributed by atoms with Gasteiger partial charge in [-0.3, -0.25) is 4.79 Å². The quantitative estimate of drug-likeness (QED) is 0.685. The summed E-state index contributed by atoms with van der Waals surface area (Å²) in [4.78, 5) is 12.0. The predicted molar refractivity (Wildman–Crippen MR) is 81.0 cm³/mol. The fourth-order valence-corrected chi connectivity index (χ4v) is 2.91. The Kier molecular flexibility index (Phi) is 4.49. The lowest BCUT2D eigenvalue weighted by Crippen LogP contribution is -2.49. The molecule has 22 heavy (non-hydrogen) atoms. The van der Waals surface area contributed by atoms with Crippen LogP contribution in [0.1, 0.15) is 12.0 Å². The van der Waals surface area contributed by atoms with E-state index in [0.717, 1.165) is 31.6 Å². The molecule has 2 fully saturated rings. The van der Waals surface area contributed by atoms with Gasteiger partial charge >= 0.3 is 5.97 Å². The number of hydrogen-bond donors (Lipinski definition) is 3. The molecule has 0 amide bonds. The molecule has 3 N–H and O–H groups in total. The lowest BCUT2D eigenvalue weighted by Gasteiger charge is -2.28. The fourth-order valence-electron chi connectivity index (χ4n) is 2.91. The number of phenols is 1. The molecule has 0 bridgehead atoms. The summed E-state index contributed by atoms with van der Waals surface area (Å²) in [6, 6.07) is 5.46. The Morgan fingerprint density at radius 2 is 2.23 bits per heavy atom. The second-order valence-corrected chi connectivity index (χ2v) is 5.89. The third-order valence-electron chi connectivity index (χ3n) is 4.37. The van der Waals surface area contributed by atoms with E-state index in [4.69, 9.17) is 9.47 Å². The van der Waals surface area contributed by atoms with Crippen molar-refractivity contribution in [3.05, 3.63) is 23.8 Å². The number of hydrogen-bond acceptors (Lipinski definition) is 6. The number of carbonyl (C=O) groups is 1. The zero-order chi connectivity index (χ0) is 15.5. The molecule has 6 nitrogen and oxygen atoms in total. The van der Waals surface area contributed by atoms with E-state index in [1.807, 2.05) is 6.07 Å². The first-order valence-electron chi connectivity index (χ1n) is 7.68. The summed E-state index contributed by atoms with van der Waals surface area (Å²) in [7, 11) is 1.53. The van der Waals surface area contributed by atoms with Crippen molar-refractivity contribution in [3.63, 3.8) is 0 Å². The van der Waals surface area contributed by atoms with Crippen LogP contribution in [0.3, 0.4) is 0 Å². The highest BCUT2D eigenvalue weighted by Gasteiger charge is 2.34. The molecule has 0 aliphatic carbocycles. The lowest BCUT2D eigenvalue weighted by atomic mass is 10.0. The number of nitrogens with one attached hydrogen (secondary N) is 2. The number of rotatable bonds is 5. The van der Waals surface area contributed by atoms with E-state index in [0.29, 0.717) is 12.2 Å². The largest absolute Gasteiger partial charge is 0.504 e. The number of methoxy groups -OCH3 is 1. The highest BCUT2D eigenvalue weighted by atomic mass is 16.5. The normalized spacial score (nSPS) is 24.8. The van der Waals surface area contributed by atoms with Gasteiger partial charge in [0, 0.05) is 19.1 Å². The van der Waals surface area contributed by atoms with E-state index in [-0.39, 0.29) is 29.8 Å². The Morgan fingerprint density at radius 1 is 1.41 bits per heavy atom. The summed E-state index contributed by atoms with van der Waals surface area (Å²) in [5.41, 5.74) is 0.990. The Labute approximate surface area is 129 Å². The van der Waals surface area contributed by atoms with Crippen LogP contribution in [0.4, 0.5) is 0 Å². The zero-order valence-electron chi connectivity index (χ0n) is 12.7. The molecule has 0 aromatic heterocycles. The van der Waals surface area contributed by atoms with Gasteiger partial charge in [-0.15, -0.1) is 0 Å². The summed E-state index contributed by atoms with van der Waals surface area (Å²) in [6.07, 6.45) is 1.44. The standard InChI is InChI=1S/C16H22N2O4/c1-21-15-3-2-10(7-13(15)19)6-12-14(4-5-18-12)22-16(20)11-8-17-9-11/h2-3,7,11-12,14,17-19H,4-6,8-9H2,1H3. The Hall–Kier alpha value is -1.79. The van der Waals surface area contributed by atoms with Crippen LogP contribution in [0.2, 0.25) is 0 Å². The van der Waals surface area contributed by atoms with E-state index < -0.39 is 0 Å². The SMILES string of the molecule is COc1ccc(CC2NCCC2OC(=O)C2CNC2)cc1O. The number of aromatic hydroxyl groups is 1. The Bertz CT molecular complexity index is 545. The highest BCUT2D eigenvalue weighted by Crippen LogP contribution is 2.28. The minimum absolute atomic E-state index is 0.00582. The summed E-state index contributed by atoms with van der Waals surface area (Å²) in [5, 5.41) is 16.3. The van der Waals surface area contributed by atoms with Gasteiger partial charge < -0.3 is 25.2 Å². The summed E-state index contributed by atoms with van der Waals surface area (Å²) in [5.74, 6) is 0.497. The van der Waals surface area contributed by atoms with Crippen LogP contribution < -0.4 is 15.4 Å². The summed E-state index contributed by atoms with van der Waals surface area (Å²) in [6.45, 7) is 2.28. The second-order valence-electron chi connectivity index (χ2n) is 5.89. The zero-order valence-corrected chi connectivity index (χ0v) is 12.7. The van der Waals surface area contributed by atoms with E-state index >= 15 is 0 Å². The van der Waals surface area contributed by atoms with Crippen LogP contribution in [0, 0.1) is 5.92 Å². The molecule has 2 saturated heterocycles. The molecule has 0 radical (unpaired) electrons. The maximum absolute atomic E-state index is 12.0. The topological polar surface area (TPSA) is 79.8 Å². The molecule has 1 aromatic rings. The molecule has 2 aliphatic heterocycles. The first-order valence-corrected chi connectivity index (χ1v) is 7.68. The molecule has 2 heterocycles. The second kappa shape index (κ2) is 6.54. The number of carbonyl (C=O) groups excluding carboxylic acids is 1.